The van der Waals surface area contributed by atoms with Gasteiger partial charge in [0.05, 0.1) is 12.8 Å². The van der Waals surface area contributed by atoms with Crippen LogP contribution in [-0.4, -0.2) is 22.6 Å². The van der Waals surface area contributed by atoms with Crippen LogP contribution in [0.2, 0.25) is 0 Å². The molecule has 0 radical (unpaired) electrons. The molecule has 0 saturated heterocycles. The third-order valence-electron chi connectivity index (χ3n) is 3.28. The van der Waals surface area contributed by atoms with Gasteiger partial charge in [0.2, 0.25) is 0 Å². The fraction of sp³-hybridized carbons (Fsp3) is 0.200. The van der Waals surface area contributed by atoms with Crippen LogP contribution in [0.15, 0.2) is 47.4 Å². The molecule has 21 heavy (non-hydrogen) atoms. The summed E-state index contributed by atoms with van der Waals surface area (Å²) in [5.74, 6) is 0.268. The first-order valence-corrected chi connectivity index (χ1v) is 7.80. The summed E-state index contributed by atoms with van der Waals surface area (Å²) in [6.07, 6.45) is 0. The summed E-state index contributed by atoms with van der Waals surface area (Å²) in [7, 11) is -0.808. The molecule has 0 aliphatic carbocycles. The van der Waals surface area contributed by atoms with E-state index in [1.165, 1.54) is 24.5 Å². The number of nitrogens with two attached hydrogens (primary N) is 1. The van der Waals surface area contributed by atoms with Gasteiger partial charge in [0, 0.05) is 12.7 Å². The van der Waals surface area contributed by atoms with Gasteiger partial charge in [-0.05, 0) is 36.8 Å². The number of ether oxygens (including phenoxy) is 1. The maximum absolute atomic E-state index is 12.8. The van der Waals surface area contributed by atoms with Crippen molar-refractivity contribution in [3.63, 3.8) is 0 Å². The molecule has 0 aliphatic rings. The molecule has 112 valence electrons. The molecular weight excluding hydrogens is 288 g/mol. The average molecular weight is 306 g/mol. The van der Waals surface area contributed by atoms with E-state index in [4.69, 9.17) is 10.5 Å². The summed E-state index contributed by atoms with van der Waals surface area (Å²) >= 11 is 0. The van der Waals surface area contributed by atoms with Gasteiger partial charge < -0.3 is 10.5 Å². The Kier molecular flexibility index (Phi) is 4.09. The van der Waals surface area contributed by atoms with Crippen LogP contribution in [0.5, 0.6) is 5.75 Å². The predicted molar refractivity (Wildman–Crippen MR) is 84.2 cm³/mol. The lowest BCUT2D eigenvalue weighted by atomic mass is 10.2. The number of rotatable bonds is 4. The van der Waals surface area contributed by atoms with Crippen molar-refractivity contribution in [2.45, 2.75) is 11.8 Å². The second-order valence-corrected chi connectivity index (χ2v) is 6.61. The third kappa shape index (κ3) is 2.80. The molecule has 0 bridgehead atoms. The van der Waals surface area contributed by atoms with Gasteiger partial charge in [-0.15, -0.1) is 0 Å². The average Bonchev–Trinajstić information content (AvgIpc) is 2.47. The molecule has 0 unspecified atom stereocenters. The van der Waals surface area contributed by atoms with Crippen LogP contribution < -0.4 is 14.8 Å². The summed E-state index contributed by atoms with van der Waals surface area (Å²) < 4.78 is 32.0. The fourth-order valence-corrected chi connectivity index (χ4v) is 3.54. The van der Waals surface area contributed by atoms with Crippen molar-refractivity contribution in [1.82, 2.24) is 0 Å². The number of aryl methyl sites for hydroxylation is 1. The van der Waals surface area contributed by atoms with Crippen LogP contribution in [-0.2, 0) is 10.0 Å². The molecule has 0 heterocycles. The van der Waals surface area contributed by atoms with Gasteiger partial charge in [-0.2, -0.15) is 0 Å². The number of nitrogens with zero attached hydrogens (tertiary/aromatic N) is 1. The monoisotopic (exact) mass is 306 g/mol. The summed E-state index contributed by atoms with van der Waals surface area (Å²) in [6.45, 7) is 1.86. The molecule has 5 nitrogen and oxygen atoms in total. The van der Waals surface area contributed by atoms with Crippen molar-refractivity contribution >= 4 is 21.4 Å². The number of methoxy groups -OCH3 is 1. The molecule has 0 amide bonds. The molecule has 0 saturated carbocycles. The van der Waals surface area contributed by atoms with E-state index in [-0.39, 0.29) is 10.6 Å². The Labute approximate surface area is 125 Å². The largest absolute Gasteiger partial charge is 0.495 e. The van der Waals surface area contributed by atoms with E-state index in [1.54, 1.807) is 24.3 Å². The lowest BCUT2D eigenvalue weighted by molar-refractivity contribution is 0.403. The smallest absolute Gasteiger partial charge is 0.267 e. The van der Waals surface area contributed by atoms with E-state index >= 15 is 0 Å². The fourth-order valence-electron chi connectivity index (χ4n) is 2.09. The van der Waals surface area contributed by atoms with Gasteiger partial charge >= 0.3 is 0 Å². The van der Waals surface area contributed by atoms with Gasteiger partial charge in [-0.25, -0.2) is 8.42 Å². The zero-order valence-corrected chi connectivity index (χ0v) is 13.0. The van der Waals surface area contributed by atoms with Crippen LogP contribution >= 0.6 is 0 Å². The Bertz CT molecular complexity index is 757. The third-order valence-corrected chi connectivity index (χ3v) is 5.07. The molecule has 0 fully saturated rings. The SMILES string of the molecule is COc1ccc(N)cc1S(=O)(=O)N(C)c1ccccc1C. The lowest BCUT2D eigenvalue weighted by Gasteiger charge is -2.22. The highest BCUT2D eigenvalue weighted by Crippen LogP contribution is 2.31. The number of hydrogen-bond donors (Lipinski definition) is 1. The van der Waals surface area contributed by atoms with E-state index in [0.717, 1.165) is 5.56 Å². The number of hydrogen-bond acceptors (Lipinski definition) is 4. The minimum absolute atomic E-state index is 0.0516. The summed E-state index contributed by atoms with van der Waals surface area (Å²) in [5, 5.41) is 0. The quantitative estimate of drug-likeness (QED) is 0.880. The summed E-state index contributed by atoms with van der Waals surface area (Å²) in [5.41, 5.74) is 7.56. The highest BCUT2D eigenvalue weighted by atomic mass is 32.2. The maximum Gasteiger partial charge on any atom is 0.267 e. The predicted octanol–water partition coefficient (Wildman–Crippen LogP) is 2.41. The first-order chi connectivity index (χ1) is 9.87. The van der Waals surface area contributed by atoms with Crippen LogP contribution in [0.4, 0.5) is 11.4 Å². The second-order valence-electron chi connectivity index (χ2n) is 4.67. The van der Waals surface area contributed by atoms with Crippen molar-refractivity contribution in [3.8, 4) is 5.75 Å². The van der Waals surface area contributed by atoms with Gasteiger partial charge in [0.25, 0.3) is 10.0 Å². The van der Waals surface area contributed by atoms with Crippen molar-refractivity contribution < 1.29 is 13.2 Å². The Balaban J connectivity index is 2.57. The van der Waals surface area contributed by atoms with Crippen LogP contribution in [0, 0.1) is 6.92 Å². The number of nitrogen functional groups attached to an aromatic ring is 1. The van der Waals surface area contributed by atoms with E-state index in [1.807, 2.05) is 19.1 Å². The standard InChI is InChI=1S/C15H18N2O3S/c1-11-6-4-5-7-13(11)17(2)21(18,19)15-10-12(16)8-9-14(15)20-3/h4-10H,16H2,1-3H3. The molecular formula is C15H18N2O3S. The Morgan fingerprint density at radius 1 is 1.14 bits per heavy atom. The summed E-state index contributed by atoms with van der Waals surface area (Å²) in [6, 6.07) is 11.8. The molecule has 0 aliphatic heterocycles. The highest BCUT2D eigenvalue weighted by Gasteiger charge is 2.26. The normalized spacial score (nSPS) is 11.2. The van der Waals surface area contributed by atoms with E-state index < -0.39 is 10.0 Å². The van der Waals surface area contributed by atoms with Gasteiger partial charge in [-0.1, -0.05) is 18.2 Å². The van der Waals surface area contributed by atoms with Crippen molar-refractivity contribution in [1.29, 1.82) is 0 Å². The highest BCUT2D eigenvalue weighted by molar-refractivity contribution is 7.93. The molecule has 0 aromatic heterocycles. The maximum atomic E-state index is 12.8. The van der Waals surface area contributed by atoms with E-state index in [9.17, 15) is 8.42 Å². The van der Waals surface area contributed by atoms with Crippen molar-refractivity contribution in [2.24, 2.45) is 0 Å². The topological polar surface area (TPSA) is 72.6 Å². The van der Waals surface area contributed by atoms with Crippen LogP contribution in [0.1, 0.15) is 5.56 Å². The van der Waals surface area contributed by atoms with Gasteiger partial charge in [0.15, 0.2) is 0 Å². The molecule has 2 aromatic rings. The molecule has 2 N–H and O–H groups in total. The Hall–Kier alpha value is -2.21. The molecule has 2 rings (SSSR count). The minimum atomic E-state index is -3.75. The van der Waals surface area contributed by atoms with Crippen LogP contribution in [0.25, 0.3) is 0 Å². The Morgan fingerprint density at radius 2 is 1.81 bits per heavy atom. The number of benzene rings is 2. The zero-order valence-electron chi connectivity index (χ0n) is 12.2. The van der Waals surface area contributed by atoms with Crippen molar-refractivity contribution in [2.75, 3.05) is 24.2 Å². The zero-order chi connectivity index (χ0) is 15.6. The number of sulfonamides is 1. The first-order valence-electron chi connectivity index (χ1n) is 6.36. The lowest BCUT2D eigenvalue weighted by Crippen LogP contribution is -2.27. The van der Waals surface area contributed by atoms with Gasteiger partial charge in [-0.3, -0.25) is 4.31 Å². The first kappa shape index (κ1) is 15.2. The van der Waals surface area contributed by atoms with Crippen LogP contribution in [0.3, 0.4) is 0 Å². The molecule has 2 aromatic carbocycles. The second kappa shape index (κ2) is 5.65. The number of anilines is 2. The van der Waals surface area contributed by atoms with Gasteiger partial charge in [0.1, 0.15) is 10.6 Å². The summed E-state index contributed by atoms with van der Waals surface area (Å²) in [4.78, 5) is 0.0516. The van der Waals surface area contributed by atoms with Crippen molar-refractivity contribution in [3.05, 3.63) is 48.0 Å². The molecule has 0 spiro atoms. The van der Waals surface area contributed by atoms with E-state index in [2.05, 4.69) is 0 Å². The minimum Gasteiger partial charge on any atom is -0.495 e. The van der Waals surface area contributed by atoms with E-state index in [0.29, 0.717) is 11.4 Å². The molecule has 0 atom stereocenters. The molecule has 6 heteroatoms. The Morgan fingerprint density at radius 3 is 2.43 bits per heavy atom. The number of para-hydroxylation sites is 1.